The minimum atomic E-state index is -0.343. The molecule has 0 aliphatic carbocycles. The maximum atomic E-state index is 11.5. The number of hydrogen-bond donors (Lipinski definition) is 1. The van der Waals surface area contributed by atoms with Crippen LogP contribution in [0.15, 0.2) is 18.3 Å². The van der Waals surface area contributed by atoms with E-state index in [0.29, 0.717) is 17.4 Å². The average molecular weight is 278 g/mol. The molecule has 1 aromatic rings. The summed E-state index contributed by atoms with van der Waals surface area (Å²) in [5.74, 6) is 0.361. The van der Waals surface area contributed by atoms with Gasteiger partial charge < -0.3 is 15.0 Å². The van der Waals surface area contributed by atoms with Crippen molar-refractivity contribution in [3.63, 3.8) is 0 Å². The van der Waals surface area contributed by atoms with Gasteiger partial charge in [0.25, 0.3) is 0 Å². The molecule has 1 aliphatic rings. The minimum absolute atomic E-state index is 0.343. The third-order valence-corrected chi connectivity index (χ3v) is 3.68. The summed E-state index contributed by atoms with van der Waals surface area (Å²) in [7, 11) is 5.65. The third-order valence-electron chi connectivity index (χ3n) is 3.68. The van der Waals surface area contributed by atoms with Crippen LogP contribution in [0.3, 0.4) is 0 Å². The van der Waals surface area contributed by atoms with Gasteiger partial charge in [0.15, 0.2) is 0 Å². The lowest BCUT2D eigenvalue weighted by Gasteiger charge is -2.37. The molecule has 1 fully saturated rings. The summed E-state index contributed by atoms with van der Waals surface area (Å²) in [4.78, 5) is 20.4. The predicted molar refractivity (Wildman–Crippen MR) is 78.0 cm³/mol. The second kappa shape index (κ2) is 6.67. The van der Waals surface area contributed by atoms with Crippen LogP contribution in [0.1, 0.15) is 10.4 Å². The van der Waals surface area contributed by atoms with Crippen molar-refractivity contribution in [3.05, 3.63) is 23.9 Å². The molecule has 1 aliphatic heterocycles. The molecule has 110 valence electrons. The first-order valence-corrected chi connectivity index (χ1v) is 6.77. The van der Waals surface area contributed by atoms with Crippen molar-refractivity contribution in [2.75, 3.05) is 52.7 Å². The van der Waals surface area contributed by atoms with E-state index in [0.717, 1.165) is 26.2 Å². The van der Waals surface area contributed by atoms with E-state index in [4.69, 9.17) is 4.74 Å². The van der Waals surface area contributed by atoms with E-state index in [1.165, 1.54) is 7.11 Å². The Balaban J connectivity index is 1.95. The fourth-order valence-electron chi connectivity index (χ4n) is 2.32. The van der Waals surface area contributed by atoms with Crippen LogP contribution in [-0.2, 0) is 4.74 Å². The highest BCUT2D eigenvalue weighted by molar-refractivity contribution is 5.89. The number of methoxy groups -OCH3 is 1. The van der Waals surface area contributed by atoms with E-state index in [-0.39, 0.29) is 5.97 Å². The van der Waals surface area contributed by atoms with Gasteiger partial charge >= 0.3 is 5.97 Å². The summed E-state index contributed by atoms with van der Waals surface area (Å²) in [5, 5.41) is 3.30. The molecule has 1 aromatic heterocycles. The normalized spacial score (nSPS) is 20.6. The number of pyridine rings is 1. The predicted octanol–water partition coefficient (Wildman–Crippen LogP) is 0.526. The Morgan fingerprint density at radius 2 is 2.30 bits per heavy atom. The maximum Gasteiger partial charge on any atom is 0.338 e. The van der Waals surface area contributed by atoms with Gasteiger partial charge in [0, 0.05) is 38.4 Å². The van der Waals surface area contributed by atoms with Gasteiger partial charge in [-0.15, -0.1) is 0 Å². The Kier molecular flexibility index (Phi) is 4.92. The fourth-order valence-corrected chi connectivity index (χ4v) is 2.32. The summed E-state index contributed by atoms with van der Waals surface area (Å²) in [6, 6.07) is 3.81. The number of carbonyl (C=O) groups excluding carboxylic acids is 1. The summed E-state index contributed by atoms with van der Waals surface area (Å²) in [6.45, 7) is 4.00. The number of nitrogens with one attached hydrogen (secondary N) is 1. The molecule has 1 saturated heterocycles. The van der Waals surface area contributed by atoms with Crippen LogP contribution < -0.4 is 5.32 Å². The van der Waals surface area contributed by atoms with Gasteiger partial charge in [-0.05, 0) is 26.2 Å². The van der Waals surface area contributed by atoms with E-state index in [9.17, 15) is 4.79 Å². The van der Waals surface area contributed by atoms with Crippen LogP contribution in [-0.4, -0.2) is 74.2 Å². The van der Waals surface area contributed by atoms with Gasteiger partial charge in [-0.1, -0.05) is 0 Å². The highest BCUT2D eigenvalue weighted by Gasteiger charge is 2.21. The first-order valence-electron chi connectivity index (χ1n) is 6.77. The summed E-state index contributed by atoms with van der Waals surface area (Å²) < 4.78 is 4.71. The Hall–Kier alpha value is -1.66. The van der Waals surface area contributed by atoms with Crippen molar-refractivity contribution in [2.24, 2.45) is 0 Å². The number of carbonyl (C=O) groups is 1. The molecule has 0 aromatic carbocycles. The van der Waals surface area contributed by atoms with E-state index >= 15 is 0 Å². The molecule has 0 amide bonds. The zero-order chi connectivity index (χ0) is 14.5. The van der Waals surface area contributed by atoms with Gasteiger partial charge in [0.2, 0.25) is 0 Å². The molecular formula is C14H22N4O2. The zero-order valence-corrected chi connectivity index (χ0v) is 12.3. The number of esters is 1. The second-order valence-electron chi connectivity index (χ2n) is 5.20. The molecule has 6 heteroatoms. The van der Waals surface area contributed by atoms with Gasteiger partial charge in [0.05, 0.1) is 12.7 Å². The molecular weight excluding hydrogens is 256 g/mol. The lowest BCUT2D eigenvalue weighted by molar-refractivity contribution is 0.0600. The maximum absolute atomic E-state index is 11.5. The Morgan fingerprint density at radius 1 is 1.50 bits per heavy atom. The largest absolute Gasteiger partial charge is 0.465 e. The molecule has 1 N–H and O–H groups in total. The Morgan fingerprint density at radius 3 is 3.05 bits per heavy atom. The topological polar surface area (TPSA) is 57.7 Å². The highest BCUT2D eigenvalue weighted by Crippen LogP contribution is 2.10. The Bertz CT molecular complexity index is 466. The molecule has 20 heavy (non-hydrogen) atoms. The van der Waals surface area contributed by atoms with Crippen LogP contribution in [0, 0.1) is 0 Å². The summed E-state index contributed by atoms with van der Waals surface area (Å²) in [6.07, 6.45) is 1.62. The molecule has 1 unspecified atom stereocenters. The van der Waals surface area contributed by atoms with Crippen molar-refractivity contribution in [1.29, 1.82) is 0 Å². The van der Waals surface area contributed by atoms with Crippen LogP contribution >= 0.6 is 0 Å². The summed E-state index contributed by atoms with van der Waals surface area (Å²) in [5.41, 5.74) is 0.513. The van der Waals surface area contributed by atoms with E-state index in [1.54, 1.807) is 18.3 Å². The van der Waals surface area contributed by atoms with Crippen molar-refractivity contribution < 1.29 is 9.53 Å². The van der Waals surface area contributed by atoms with E-state index in [2.05, 4.69) is 34.2 Å². The highest BCUT2D eigenvalue weighted by atomic mass is 16.5. The summed E-state index contributed by atoms with van der Waals surface area (Å²) >= 11 is 0. The van der Waals surface area contributed by atoms with Crippen molar-refractivity contribution in [2.45, 2.75) is 6.04 Å². The number of piperazine rings is 1. The number of ether oxygens (including phenoxy) is 1. The number of hydrogen-bond acceptors (Lipinski definition) is 6. The third kappa shape index (κ3) is 3.68. The standard InChI is InChI=1S/C14H22N4O2/c1-17-6-7-18(2)12(10-17)9-16-13-8-11(4-5-15-13)14(19)20-3/h4-5,8,12H,6-7,9-10H2,1-3H3,(H,15,16). The van der Waals surface area contributed by atoms with Crippen molar-refractivity contribution in [1.82, 2.24) is 14.8 Å². The molecule has 0 bridgehead atoms. The molecule has 0 saturated carbocycles. The number of nitrogens with zero attached hydrogens (tertiary/aromatic N) is 3. The molecule has 2 rings (SSSR count). The molecule has 6 nitrogen and oxygen atoms in total. The molecule has 0 radical (unpaired) electrons. The first kappa shape index (κ1) is 14.7. The number of aromatic nitrogens is 1. The van der Waals surface area contributed by atoms with Gasteiger partial charge in [0.1, 0.15) is 5.82 Å². The van der Waals surface area contributed by atoms with Crippen LogP contribution in [0.5, 0.6) is 0 Å². The van der Waals surface area contributed by atoms with Crippen LogP contribution in [0.25, 0.3) is 0 Å². The van der Waals surface area contributed by atoms with Crippen molar-refractivity contribution in [3.8, 4) is 0 Å². The van der Waals surface area contributed by atoms with Crippen LogP contribution in [0.2, 0.25) is 0 Å². The van der Waals surface area contributed by atoms with Crippen molar-refractivity contribution >= 4 is 11.8 Å². The lowest BCUT2D eigenvalue weighted by Crippen LogP contribution is -2.52. The first-order chi connectivity index (χ1) is 9.60. The van der Waals surface area contributed by atoms with Gasteiger partial charge in [-0.3, -0.25) is 4.90 Å². The molecule has 1 atom stereocenters. The lowest BCUT2D eigenvalue weighted by atomic mass is 10.2. The number of likely N-dealkylation sites (N-methyl/N-ethyl adjacent to an activating group) is 2. The van der Waals surface area contributed by atoms with Crippen LogP contribution in [0.4, 0.5) is 5.82 Å². The smallest absolute Gasteiger partial charge is 0.338 e. The Labute approximate surface area is 119 Å². The van der Waals surface area contributed by atoms with E-state index in [1.807, 2.05) is 0 Å². The quantitative estimate of drug-likeness (QED) is 0.811. The SMILES string of the molecule is COC(=O)c1ccnc(NCC2CN(C)CCN2C)c1. The van der Waals surface area contributed by atoms with Gasteiger partial charge in [-0.25, -0.2) is 9.78 Å². The average Bonchev–Trinajstić information content (AvgIpc) is 2.47. The minimum Gasteiger partial charge on any atom is -0.465 e. The second-order valence-corrected chi connectivity index (χ2v) is 5.20. The van der Waals surface area contributed by atoms with E-state index < -0.39 is 0 Å². The molecule has 0 spiro atoms. The molecule has 2 heterocycles. The monoisotopic (exact) mass is 278 g/mol. The number of anilines is 1. The fraction of sp³-hybridized carbons (Fsp3) is 0.571. The zero-order valence-electron chi connectivity index (χ0n) is 12.3. The van der Waals surface area contributed by atoms with Gasteiger partial charge in [-0.2, -0.15) is 0 Å². The number of rotatable bonds is 4.